The second kappa shape index (κ2) is 6.71. The third kappa shape index (κ3) is 4.83. The number of carbonyl (C=O) groups excluding carboxylic acids is 1. The molecule has 2 N–H and O–H groups in total. The number of hydrogen-bond donors (Lipinski definition) is 2. The van der Waals surface area contributed by atoms with Crippen LogP contribution in [0.4, 0.5) is 5.13 Å². The van der Waals surface area contributed by atoms with Crippen LogP contribution in [0.5, 0.6) is 0 Å². The zero-order valence-electron chi connectivity index (χ0n) is 10.6. The first kappa shape index (κ1) is 14.1. The fourth-order valence-corrected chi connectivity index (χ4v) is 2.25. The summed E-state index contributed by atoms with van der Waals surface area (Å²) in [5, 5.41) is 12.9. The van der Waals surface area contributed by atoms with Gasteiger partial charge >= 0.3 is 0 Å². The van der Waals surface area contributed by atoms with Gasteiger partial charge in [-0.1, -0.05) is 27.2 Å². The molecule has 1 atom stereocenters. The zero-order valence-corrected chi connectivity index (χ0v) is 11.4. The summed E-state index contributed by atoms with van der Waals surface area (Å²) >= 11 is 1.50. The van der Waals surface area contributed by atoms with Crippen LogP contribution in [0.1, 0.15) is 38.5 Å². The lowest BCUT2D eigenvalue weighted by Crippen LogP contribution is -2.23. The summed E-state index contributed by atoms with van der Waals surface area (Å²) in [6.07, 6.45) is 3.39. The molecule has 17 heavy (non-hydrogen) atoms. The summed E-state index contributed by atoms with van der Waals surface area (Å²) in [6.45, 7) is 5.89. The second-order valence-electron chi connectivity index (χ2n) is 4.45. The van der Waals surface area contributed by atoms with Gasteiger partial charge in [-0.15, -0.1) is 11.3 Å². The number of nitrogens with zero attached hydrogens (tertiary/aromatic N) is 1. The van der Waals surface area contributed by atoms with E-state index in [0.717, 1.165) is 12.8 Å². The normalized spacial score (nSPS) is 12.8. The molecule has 1 aromatic rings. The predicted molar refractivity (Wildman–Crippen MR) is 70.2 cm³/mol. The van der Waals surface area contributed by atoms with Crippen LogP contribution in [0, 0.1) is 5.92 Å². The molecule has 96 valence electrons. The van der Waals surface area contributed by atoms with E-state index in [-0.39, 0.29) is 18.2 Å². The molecule has 0 saturated heterocycles. The number of carbonyl (C=O) groups is 1. The number of rotatable bonds is 6. The number of amides is 1. The van der Waals surface area contributed by atoms with E-state index in [1.165, 1.54) is 16.2 Å². The number of aryl methyl sites for hydroxylation is 1. The first-order chi connectivity index (χ1) is 8.02. The molecule has 0 bridgehead atoms. The number of hydrogen-bond acceptors (Lipinski definition) is 4. The van der Waals surface area contributed by atoms with Crippen molar-refractivity contribution < 1.29 is 9.90 Å². The molecule has 0 fully saturated rings. The van der Waals surface area contributed by atoms with Crippen LogP contribution in [0.25, 0.3) is 0 Å². The molecule has 0 aliphatic rings. The minimum absolute atomic E-state index is 0.0905. The van der Waals surface area contributed by atoms with Gasteiger partial charge in [0.2, 0.25) is 5.91 Å². The Morgan fingerprint density at radius 2 is 2.29 bits per heavy atom. The van der Waals surface area contributed by atoms with Gasteiger partial charge in [-0.05, 0) is 12.3 Å². The molecule has 0 spiro atoms. The number of nitrogens with one attached hydrogen (secondary N) is 1. The molecule has 0 aromatic carbocycles. The standard InChI is InChI=1S/C12H20N2O2S/c1-4-5-9-7-13-12(17-9)14-11(16)6-10(15)8(2)3/h7-8,10,15H,4-6H2,1-3H3,(H,13,14,16). The first-order valence-electron chi connectivity index (χ1n) is 5.95. The van der Waals surface area contributed by atoms with Crippen molar-refractivity contribution in [3.63, 3.8) is 0 Å². The van der Waals surface area contributed by atoms with Crippen LogP contribution in [0.15, 0.2) is 6.20 Å². The van der Waals surface area contributed by atoms with Crippen LogP contribution in [-0.4, -0.2) is 22.1 Å². The van der Waals surface area contributed by atoms with Crippen LogP contribution in [0.3, 0.4) is 0 Å². The first-order valence-corrected chi connectivity index (χ1v) is 6.77. The average Bonchev–Trinajstić information content (AvgIpc) is 2.65. The van der Waals surface area contributed by atoms with Crippen molar-refractivity contribution in [2.75, 3.05) is 5.32 Å². The Morgan fingerprint density at radius 3 is 2.88 bits per heavy atom. The van der Waals surface area contributed by atoms with Crippen LogP contribution in [0.2, 0.25) is 0 Å². The van der Waals surface area contributed by atoms with Crippen molar-refractivity contribution in [1.82, 2.24) is 4.98 Å². The molecule has 5 heteroatoms. The quantitative estimate of drug-likeness (QED) is 0.821. The third-order valence-electron chi connectivity index (χ3n) is 2.46. The molecule has 1 rings (SSSR count). The minimum Gasteiger partial charge on any atom is -0.392 e. The Bertz CT molecular complexity index is 363. The lowest BCUT2D eigenvalue weighted by Gasteiger charge is -2.12. The summed E-state index contributed by atoms with van der Waals surface area (Å²) in [5.74, 6) is -0.0868. The molecule has 0 aliphatic heterocycles. The fourth-order valence-electron chi connectivity index (χ4n) is 1.32. The lowest BCUT2D eigenvalue weighted by atomic mass is 10.0. The predicted octanol–water partition coefficient (Wildman–Crippen LogP) is 2.44. The van der Waals surface area contributed by atoms with Gasteiger partial charge in [0.25, 0.3) is 0 Å². The van der Waals surface area contributed by atoms with E-state index in [0.29, 0.717) is 5.13 Å². The second-order valence-corrected chi connectivity index (χ2v) is 5.56. The summed E-state index contributed by atoms with van der Waals surface area (Å²) in [5.41, 5.74) is 0. The smallest absolute Gasteiger partial charge is 0.228 e. The summed E-state index contributed by atoms with van der Waals surface area (Å²) < 4.78 is 0. The Balaban J connectivity index is 2.44. The summed E-state index contributed by atoms with van der Waals surface area (Å²) in [6, 6.07) is 0. The molecule has 1 heterocycles. The van der Waals surface area contributed by atoms with E-state index in [4.69, 9.17) is 0 Å². The summed E-state index contributed by atoms with van der Waals surface area (Å²) in [4.78, 5) is 16.9. The highest BCUT2D eigenvalue weighted by molar-refractivity contribution is 7.15. The molecule has 4 nitrogen and oxygen atoms in total. The molecule has 1 unspecified atom stereocenters. The van der Waals surface area contributed by atoms with E-state index < -0.39 is 6.10 Å². The zero-order chi connectivity index (χ0) is 12.8. The SMILES string of the molecule is CCCc1cnc(NC(=O)CC(O)C(C)C)s1. The van der Waals surface area contributed by atoms with Gasteiger partial charge in [-0.3, -0.25) is 4.79 Å². The van der Waals surface area contributed by atoms with Crippen LogP contribution >= 0.6 is 11.3 Å². The number of aliphatic hydroxyl groups excluding tert-OH is 1. The van der Waals surface area contributed by atoms with Gasteiger partial charge in [-0.2, -0.15) is 0 Å². The Hall–Kier alpha value is -0.940. The maximum atomic E-state index is 11.6. The van der Waals surface area contributed by atoms with Gasteiger partial charge in [0, 0.05) is 11.1 Å². The highest BCUT2D eigenvalue weighted by atomic mass is 32.1. The molecule has 0 radical (unpaired) electrons. The number of aromatic nitrogens is 1. The fraction of sp³-hybridized carbons (Fsp3) is 0.667. The molecule has 1 amide bonds. The minimum atomic E-state index is -0.593. The molecular formula is C12H20N2O2S. The topological polar surface area (TPSA) is 62.2 Å². The van der Waals surface area contributed by atoms with Gasteiger partial charge in [0.1, 0.15) is 0 Å². The van der Waals surface area contributed by atoms with Gasteiger partial charge in [-0.25, -0.2) is 4.98 Å². The maximum Gasteiger partial charge on any atom is 0.228 e. The van der Waals surface area contributed by atoms with Crippen LogP contribution < -0.4 is 5.32 Å². The molecular weight excluding hydrogens is 236 g/mol. The summed E-state index contributed by atoms with van der Waals surface area (Å²) in [7, 11) is 0. The van der Waals surface area contributed by atoms with Crippen molar-refractivity contribution in [3.8, 4) is 0 Å². The van der Waals surface area contributed by atoms with Crippen molar-refractivity contribution in [2.45, 2.75) is 46.1 Å². The highest BCUT2D eigenvalue weighted by Crippen LogP contribution is 2.19. The number of thiazole rings is 1. The largest absolute Gasteiger partial charge is 0.392 e. The Labute approximate surface area is 106 Å². The van der Waals surface area contributed by atoms with E-state index in [9.17, 15) is 9.90 Å². The van der Waals surface area contributed by atoms with E-state index >= 15 is 0 Å². The van der Waals surface area contributed by atoms with E-state index in [1.54, 1.807) is 6.20 Å². The molecule has 1 aromatic heterocycles. The number of aliphatic hydroxyl groups is 1. The van der Waals surface area contributed by atoms with E-state index in [2.05, 4.69) is 17.2 Å². The van der Waals surface area contributed by atoms with Crippen molar-refractivity contribution in [2.24, 2.45) is 5.92 Å². The number of anilines is 1. The Morgan fingerprint density at radius 1 is 1.59 bits per heavy atom. The maximum absolute atomic E-state index is 11.6. The lowest BCUT2D eigenvalue weighted by molar-refractivity contribution is -0.118. The van der Waals surface area contributed by atoms with Gasteiger partial charge in [0.15, 0.2) is 5.13 Å². The Kier molecular flexibility index (Phi) is 5.58. The van der Waals surface area contributed by atoms with Gasteiger partial charge in [0.05, 0.1) is 12.5 Å². The highest BCUT2D eigenvalue weighted by Gasteiger charge is 2.15. The molecule has 0 aliphatic carbocycles. The van der Waals surface area contributed by atoms with Gasteiger partial charge < -0.3 is 10.4 Å². The molecule has 0 saturated carbocycles. The van der Waals surface area contributed by atoms with Crippen molar-refractivity contribution in [3.05, 3.63) is 11.1 Å². The van der Waals surface area contributed by atoms with Crippen molar-refractivity contribution in [1.29, 1.82) is 0 Å². The third-order valence-corrected chi connectivity index (χ3v) is 3.43. The monoisotopic (exact) mass is 256 g/mol. The van der Waals surface area contributed by atoms with Crippen LogP contribution in [-0.2, 0) is 11.2 Å². The van der Waals surface area contributed by atoms with E-state index in [1.807, 2.05) is 13.8 Å². The average molecular weight is 256 g/mol. The van der Waals surface area contributed by atoms with Crippen molar-refractivity contribution >= 4 is 22.4 Å².